The van der Waals surface area contributed by atoms with E-state index in [0.717, 1.165) is 29.2 Å². The van der Waals surface area contributed by atoms with Crippen LogP contribution in [0.5, 0.6) is 0 Å². The molecule has 23 heavy (non-hydrogen) atoms. The van der Waals surface area contributed by atoms with Crippen LogP contribution in [0.4, 0.5) is 0 Å². The fraction of sp³-hybridized carbons (Fsp3) is 0.263. The lowest BCUT2D eigenvalue weighted by molar-refractivity contribution is -0.127. The van der Waals surface area contributed by atoms with Gasteiger partial charge in [-0.2, -0.15) is 0 Å². The Bertz CT molecular complexity index is 863. The molecule has 0 unspecified atom stereocenters. The van der Waals surface area contributed by atoms with Crippen LogP contribution in [0.15, 0.2) is 36.4 Å². The van der Waals surface area contributed by atoms with Crippen molar-refractivity contribution in [1.82, 2.24) is 5.32 Å². The highest BCUT2D eigenvalue weighted by Gasteiger charge is 2.44. The molecule has 4 heteroatoms. The lowest BCUT2D eigenvalue weighted by Gasteiger charge is -2.39. The van der Waals surface area contributed by atoms with Crippen LogP contribution in [-0.2, 0) is 11.2 Å². The predicted octanol–water partition coefficient (Wildman–Crippen LogP) is 2.55. The molecule has 0 aliphatic heterocycles. The molecule has 1 fully saturated rings. The Labute approximate surface area is 134 Å². The van der Waals surface area contributed by atoms with E-state index in [2.05, 4.69) is 23.5 Å². The highest BCUT2D eigenvalue weighted by molar-refractivity contribution is 6.08. The van der Waals surface area contributed by atoms with Crippen molar-refractivity contribution in [3.63, 3.8) is 0 Å². The molecule has 2 aliphatic rings. The van der Waals surface area contributed by atoms with Gasteiger partial charge in [-0.3, -0.25) is 9.59 Å². The van der Waals surface area contributed by atoms with Gasteiger partial charge in [-0.15, -0.1) is 0 Å². The van der Waals surface area contributed by atoms with Crippen molar-refractivity contribution in [2.24, 2.45) is 5.73 Å². The second kappa shape index (κ2) is 4.95. The van der Waals surface area contributed by atoms with Gasteiger partial charge in [-0.25, -0.2) is 0 Å². The van der Waals surface area contributed by atoms with Crippen molar-refractivity contribution in [2.75, 3.05) is 0 Å². The number of carbonyl (C=O) groups is 2. The van der Waals surface area contributed by atoms with E-state index in [1.54, 1.807) is 0 Å². The van der Waals surface area contributed by atoms with Gasteiger partial charge in [0.05, 0.1) is 0 Å². The Morgan fingerprint density at radius 1 is 1.13 bits per heavy atom. The molecule has 1 saturated carbocycles. The summed E-state index contributed by atoms with van der Waals surface area (Å²) in [6, 6.07) is 9.98. The molecule has 2 aromatic carbocycles. The first-order valence-corrected chi connectivity index (χ1v) is 7.94. The van der Waals surface area contributed by atoms with E-state index >= 15 is 0 Å². The molecular weight excluding hydrogens is 288 g/mol. The largest absolute Gasteiger partial charge is 0.368 e. The van der Waals surface area contributed by atoms with Gasteiger partial charge in [0.25, 0.3) is 5.91 Å². The van der Waals surface area contributed by atoms with E-state index in [1.807, 2.05) is 24.3 Å². The second-order valence-electron chi connectivity index (χ2n) is 6.40. The fourth-order valence-corrected chi connectivity index (χ4v) is 3.58. The number of rotatable bonds is 3. The van der Waals surface area contributed by atoms with Crippen LogP contribution in [0, 0.1) is 0 Å². The van der Waals surface area contributed by atoms with E-state index in [4.69, 9.17) is 5.73 Å². The molecule has 2 aliphatic carbocycles. The Balaban J connectivity index is 1.78. The molecule has 2 amide bonds. The van der Waals surface area contributed by atoms with Crippen LogP contribution >= 0.6 is 0 Å². The molecule has 116 valence electrons. The Kier molecular flexibility index (Phi) is 3.01. The van der Waals surface area contributed by atoms with Gasteiger partial charge in [0.15, 0.2) is 0 Å². The van der Waals surface area contributed by atoms with Gasteiger partial charge in [0.1, 0.15) is 5.54 Å². The monoisotopic (exact) mass is 306 g/mol. The van der Waals surface area contributed by atoms with E-state index in [0.29, 0.717) is 18.4 Å². The zero-order valence-corrected chi connectivity index (χ0v) is 12.8. The van der Waals surface area contributed by atoms with Crippen LogP contribution in [0.2, 0.25) is 0 Å². The average Bonchev–Trinajstić information content (AvgIpc) is 2.51. The van der Waals surface area contributed by atoms with Gasteiger partial charge in [-0.1, -0.05) is 36.4 Å². The van der Waals surface area contributed by atoms with Gasteiger partial charge in [0, 0.05) is 5.56 Å². The summed E-state index contributed by atoms with van der Waals surface area (Å²) in [6.07, 6.45) is 7.11. The molecule has 0 bridgehead atoms. The van der Waals surface area contributed by atoms with E-state index < -0.39 is 11.4 Å². The standard InChI is InChI=1S/C19H18N2O2/c20-18(23)19(10-3-11-19)21-17(22)15-9-8-13-5-1-4-12-6-2-7-14(15)16(12)13/h1-2,4-5,7-9H,3,6,10-11H2,(H2,20,23)(H,21,22). The number of amides is 2. The molecule has 0 saturated heterocycles. The van der Waals surface area contributed by atoms with Gasteiger partial charge in [0.2, 0.25) is 5.91 Å². The third-order valence-corrected chi connectivity index (χ3v) is 5.07. The van der Waals surface area contributed by atoms with Crippen LogP contribution in [0.3, 0.4) is 0 Å². The quantitative estimate of drug-likeness (QED) is 0.914. The van der Waals surface area contributed by atoms with Crippen molar-refractivity contribution in [3.8, 4) is 0 Å². The smallest absolute Gasteiger partial charge is 0.252 e. The SMILES string of the molecule is NC(=O)C1(NC(=O)c2ccc3cccc4c3c2C=CC4)CCC1. The maximum absolute atomic E-state index is 12.8. The summed E-state index contributed by atoms with van der Waals surface area (Å²) in [6.45, 7) is 0. The molecule has 0 atom stereocenters. The minimum Gasteiger partial charge on any atom is -0.368 e. The first kappa shape index (κ1) is 14.0. The van der Waals surface area contributed by atoms with Crippen molar-refractivity contribution in [2.45, 2.75) is 31.2 Å². The average molecular weight is 306 g/mol. The molecule has 4 rings (SSSR count). The van der Waals surface area contributed by atoms with Gasteiger partial charge < -0.3 is 11.1 Å². The summed E-state index contributed by atoms with van der Waals surface area (Å²) in [5, 5.41) is 5.14. The first-order chi connectivity index (χ1) is 11.1. The number of carbonyl (C=O) groups excluding carboxylic acids is 2. The highest BCUT2D eigenvalue weighted by atomic mass is 16.2. The van der Waals surface area contributed by atoms with Crippen LogP contribution in [-0.4, -0.2) is 17.4 Å². The molecule has 0 heterocycles. The molecule has 0 spiro atoms. The molecule has 0 aromatic heterocycles. The number of hydrogen-bond donors (Lipinski definition) is 2. The number of nitrogens with one attached hydrogen (secondary N) is 1. The van der Waals surface area contributed by atoms with Crippen LogP contribution in [0.1, 0.15) is 40.7 Å². The summed E-state index contributed by atoms with van der Waals surface area (Å²) >= 11 is 0. The van der Waals surface area contributed by atoms with Crippen molar-refractivity contribution >= 4 is 28.7 Å². The van der Waals surface area contributed by atoms with E-state index in [9.17, 15) is 9.59 Å². The topological polar surface area (TPSA) is 72.2 Å². The minimum atomic E-state index is -0.864. The van der Waals surface area contributed by atoms with E-state index in [1.165, 1.54) is 5.56 Å². The maximum atomic E-state index is 12.8. The Morgan fingerprint density at radius 2 is 1.96 bits per heavy atom. The van der Waals surface area contributed by atoms with Crippen LogP contribution < -0.4 is 11.1 Å². The Hall–Kier alpha value is -2.62. The van der Waals surface area contributed by atoms with Crippen molar-refractivity contribution < 1.29 is 9.59 Å². The van der Waals surface area contributed by atoms with Crippen LogP contribution in [0.25, 0.3) is 16.8 Å². The highest BCUT2D eigenvalue weighted by Crippen LogP contribution is 2.34. The number of primary amides is 1. The number of allylic oxidation sites excluding steroid dienone is 1. The minimum absolute atomic E-state index is 0.221. The fourth-order valence-electron chi connectivity index (χ4n) is 3.58. The number of nitrogens with two attached hydrogens (primary N) is 1. The molecular formula is C19H18N2O2. The number of hydrogen-bond acceptors (Lipinski definition) is 2. The van der Waals surface area contributed by atoms with Gasteiger partial charge >= 0.3 is 0 Å². The molecule has 3 N–H and O–H groups in total. The zero-order chi connectivity index (χ0) is 16.0. The first-order valence-electron chi connectivity index (χ1n) is 7.94. The lowest BCUT2D eigenvalue weighted by Crippen LogP contribution is -2.61. The summed E-state index contributed by atoms with van der Waals surface area (Å²) in [5.74, 6) is -0.662. The maximum Gasteiger partial charge on any atom is 0.252 e. The summed E-state index contributed by atoms with van der Waals surface area (Å²) < 4.78 is 0. The predicted molar refractivity (Wildman–Crippen MR) is 89.9 cm³/mol. The molecule has 0 radical (unpaired) electrons. The van der Waals surface area contributed by atoms with E-state index in [-0.39, 0.29) is 5.91 Å². The molecule has 4 nitrogen and oxygen atoms in total. The zero-order valence-electron chi connectivity index (χ0n) is 12.8. The summed E-state index contributed by atoms with van der Waals surface area (Å²) in [5.41, 5.74) is 7.38. The molecule has 2 aromatic rings. The number of benzene rings is 2. The van der Waals surface area contributed by atoms with Crippen molar-refractivity contribution in [1.29, 1.82) is 0 Å². The Morgan fingerprint density at radius 3 is 2.65 bits per heavy atom. The summed E-state index contributed by atoms with van der Waals surface area (Å²) in [7, 11) is 0. The third kappa shape index (κ3) is 2.05. The summed E-state index contributed by atoms with van der Waals surface area (Å²) in [4.78, 5) is 24.5. The second-order valence-corrected chi connectivity index (χ2v) is 6.40. The lowest BCUT2D eigenvalue weighted by atomic mass is 9.76. The van der Waals surface area contributed by atoms with Crippen molar-refractivity contribution in [3.05, 3.63) is 53.1 Å². The third-order valence-electron chi connectivity index (χ3n) is 5.07. The van der Waals surface area contributed by atoms with Gasteiger partial charge in [-0.05, 0) is 53.6 Å². The normalized spacial score (nSPS) is 17.6.